The molecule has 3 aromatic rings. The van der Waals surface area contributed by atoms with Crippen molar-refractivity contribution in [1.29, 1.82) is 0 Å². The van der Waals surface area contributed by atoms with E-state index < -0.39 is 0 Å². The van der Waals surface area contributed by atoms with Crippen LogP contribution < -0.4 is 5.56 Å². The molecule has 2 aromatic heterocycles. The molecule has 0 spiro atoms. The van der Waals surface area contributed by atoms with E-state index in [1.807, 2.05) is 28.8 Å². The second kappa shape index (κ2) is 8.35. The van der Waals surface area contributed by atoms with Crippen LogP contribution in [0.5, 0.6) is 0 Å². The van der Waals surface area contributed by atoms with Gasteiger partial charge in [0.2, 0.25) is 0 Å². The lowest BCUT2D eigenvalue weighted by atomic mass is 10.2. The van der Waals surface area contributed by atoms with E-state index in [1.165, 1.54) is 10.4 Å². The number of halogens is 1. The van der Waals surface area contributed by atoms with Gasteiger partial charge in [-0.1, -0.05) is 35.5 Å². The summed E-state index contributed by atoms with van der Waals surface area (Å²) in [4.78, 5) is 20.4. The minimum atomic E-state index is 0.106. The number of fused-ring (bicyclic) bond motifs is 3. The Hall–Kier alpha value is -1.34. The molecule has 0 radical (unpaired) electrons. The largest absolute Gasteiger partial charge is 0.385 e. The van der Waals surface area contributed by atoms with Gasteiger partial charge >= 0.3 is 0 Å². The van der Waals surface area contributed by atoms with Gasteiger partial charge in [-0.3, -0.25) is 9.36 Å². The van der Waals surface area contributed by atoms with Crippen LogP contribution >= 0.6 is 34.7 Å². The van der Waals surface area contributed by atoms with E-state index in [0.29, 0.717) is 13.2 Å². The van der Waals surface area contributed by atoms with Crippen LogP contribution in [0.2, 0.25) is 5.02 Å². The van der Waals surface area contributed by atoms with Crippen molar-refractivity contribution in [2.75, 3.05) is 13.7 Å². The van der Waals surface area contributed by atoms with E-state index >= 15 is 0 Å². The van der Waals surface area contributed by atoms with Crippen molar-refractivity contribution in [2.24, 2.45) is 0 Å². The van der Waals surface area contributed by atoms with Crippen molar-refractivity contribution in [3.05, 3.63) is 55.6 Å². The SMILES string of the molecule is COCCCn1c(SCc2ccc(Cl)cc2)nc2sc3c(c2c1=O)CCC3. The molecule has 0 aliphatic heterocycles. The smallest absolute Gasteiger partial charge is 0.263 e. The summed E-state index contributed by atoms with van der Waals surface area (Å²) in [6.45, 7) is 1.26. The minimum Gasteiger partial charge on any atom is -0.385 e. The van der Waals surface area contributed by atoms with Gasteiger partial charge in [-0.15, -0.1) is 11.3 Å². The van der Waals surface area contributed by atoms with Crippen LogP contribution in [0.3, 0.4) is 0 Å². The quantitative estimate of drug-likeness (QED) is 0.309. The molecule has 0 unspecified atom stereocenters. The van der Waals surface area contributed by atoms with Gasteiger partial charge < -0.3 is 4.74 Å². The number of rotatable bonds is 7. The maximum absolute atomic E-state index is 13.3. The number of hydrogen-bond donors (Lipinski definition) is 0. The number of nitrogens with zero attached hydrogens (tertiary/aromatic N) is 2. The Bertz CT molecular complexity index is 1010. The van der Waals surface area contributed by atoms with Crippen molar-refractivity contribution < 1.29 is 4.74 Å². The standard InChI is InChI=1S/C20H21ClN2O2S2/c1-25-11-3-10-23-19(24)17-15-4-2-5-16(15)27-18(17)22-20(23)26-12-13-6-8-14(21)9-7-13/h6-9H,2-5,10-12H2,1H3. The first-order valence-electron chi connectivity index (χ1n) is 9.08. The summed E-state index contributed by atoms with van der Waals surface area (Å²) in [5, 5.41) is 2.37. The molecule has 1 aliphatic rings. The highest BCUT2D eigenvalue weighted by molar-refractivity contribution is 7.98. The van der Waals surface area contributed by atoms with Gasteiger partial charge in [-0.2, -0.15) is 0 Å². The zero-order valence-corrected chi connectivity index (χ0v) is 17.6. The van der Waals surface area contributed by atoms with E-state index in [4.69, 9.17) is 21.3 Å². The van der Waals surface area contributed by atoms with E-state index in [-0.39, 0.29) is 5.56 Å². The third-order valence-electron chi connectivity index (χ3n) is 4.80. The zero-order chi connectivity index (χ0) is 18.8. The summed E-state index contributed by atoms with van der Waals surface area (Å²) in [6, 6.07) is 7.81. The molecule has 0 amide bonds. The fraction of sp³-hybridized carbons (Fsp3) is 0.400. The fourth-order valence-corrected chi connectivity index (χ4v) is 5.87. The first-order valence-corrected chi connectivity index (χ1v) is 11.3. The minimum absolute atomic E-state index is 0.106. The van der Waals surface area contributed by atoms with Crippen LogP contribution in [-0.4, -0.2) is 23.3 Å². The van der Waals surface area contributed by atoms with Crippen molar-refractivity contribution in [2.45, 2.75) is 43.1 Å². The highest BCUT2D eigenvalue weighted by atomic mass is 35.5. The topological polar surface area (TPSA) is 44.1 Å². The van der Waals surface area contributed by atoms with Gasteiger partial charge in [-0.25, -0.2) is 4.98 Å². The first kappa shape index (κ1) is 19.0. The molecular formula is C20H21ClN2O2S2. The highest BCUT2D eigenvalue weighted by Gasteiger charge is 2.23. The molecule has 142 valence electrons. The van der Waals surface area contributed by atoms with Crippen LogP contribution in [-0.2, 0) is 29.9 Å². The molecule has 0 saturated heterocycles. The molecule has 0 saturated carbocycles. The van der Waals surface area contributed by atoms with Crippen molar-refractivity contribution in [1.82, 2.24) is 9.55 Å². The van der Waals surface area contributed by atoms with Crippen molar-refractivity contribution >= 4 is 44.9 Å². The summed E-state index contributed by atoms with van der Waals surface area (Å²) < 4.78 is 7.02. The summed E-state index contributed by atoms with van der Waals surface area (Å²) in [5.41, 5.74) is 2.51. The van der Waals surface area contributed by atoms with Crippen molar-refractivity contribution in [3.63, 3.8) is 0 Å². The molecule has 1 aliphatic carbocycles. The van der Waals surface area contributed by atoms with E-state index in [1.54, 1.807) is 30.2 Å². The normalized spacial score (nSPS) is 13.4. The molecule has 0 bridgehead atoms. The Morgan fingerprint density at radius 3 is 2.89 bits per heavy atom. The Morgan fingerprint density at radius 1 is 1.30 bits per heavy atom. The number of methoxy groups -OCH3 is 1. The maximum Gasteiger partial charge on any atom is 0.263 e. The highest BCUT2D eigenvalue weighted by Crippen LogP contribution is 2.36. The Balaban J connectivity index is 1.69. The summed E-state index contributed by atoms with van der Waals surface area (Å²) in [7, 11) is 1.69. The lowest BCUT2D eigenvalue weighted by Crippen LogP contribution is -2.24. The molecule has 1 aromatic carbocycles. The van der Waals surface area contributed by atoms with E-state index in [2.05, 4.69) is 0 Å². The second-order valence-corrected chi connectivity index (χ2v) is 9.11. The number of benzene rings is 1. The van der Waals surface area contributed by atoms with Crippen molar-refractivity contribution in [3.8, 4) is 0 Å². The molecule has 0 atom stereocenters. The van der Waals surface area contributed by atoms with Gasteiger partial charge in [0.15, 0.2) is 5.16 Å². The van der Waals surface area contributed by atoms with Crippen LogP contribution in [0.4, 0.5) is 0 Å². The molecule has 0 fully saturated rings. The number of thiophene rings is 1. The average Bonchev–Trinajstić information content (AvgIpc) is 3.24. The third kappa shape index (κ3) is 3.94. The molecule has 7 heteroatoms. The lowest BCUT2D eigenvalue weighted by molar-refractivity contribution is 0.189. The molecule has 2 heterocycles. The molecular weight excluding hydrogens is 400 g/mol. The Labute approximate surface area is 171 Å². The summed E-state index contributed by atoms with van der Waals surface area (Å²) in [6.07, 6.45) is 4.02. The predicted molar refractivity (Wildman–Crippen MR) is 113 cm³/mol. The maximum atomic E-state index is 13.3. The molecule has 4 rings (SSSR count). The number of aryl methyl sites for hydroxylation is 2. The first-order chi connectivity index (χ1) is 13.2. The monoisotopic (exact) mass is 420 g/mol. The van der Waals surface area contributed by atoms with Crippen LogP contribution in [0.25, 0.3) is 10.2 Å². The molecule has 0 N–H and O–H groups in total. The predicted octanol–water partition coefficient (Wildman–Crippen LogP) is 4.93. The third-order valence-corrected chi connectivity index (χ3v) is 7.29. The number of hydrogen-bond acceptors (Lipinski definition) is 5. The van der Waals surface area contributed by atoms with Gasteiger partial charge in [0.1, 0.15) is 4.83 Å². The van der Waals surface area contributed by atoms with Crippen LogP contribution in [0, 0.1) is 0 Å². The lowest BCUT2D eigenvalue weighted by Gasteiger charge is -2.12. The Morgan fingerprint density at radius 2 is 2.11 bits per heavy atom. The van der Waals surface area contributed by atoms with E-state index in [9.17, 15) is 4.79 Å². The molecule has 27 heavy (non-hydrogen) atoms. The number of aromatic nitrogens is 2. The molecule has 4 nitrogen and oxygen atoms in total. The summed E-state index contributed by atoms with van der Waals surface area (Å²) in [5.74, 6) is 0.754. The van der Waals surface area contributed by atoms with E-state index in [0.717, 1.165) is 57.4 Å². The average molecular weight is 421 g/mol. The Kier molecular flexibility index (Phi) is 5.88. The number of ether oxygens (including phenoxy) is 1. The van der Waals surface area contributed by atoms with Gasteiger partial charge in [0.05, 0.1) is 5.39 Å². The second-order valence-electron chi connectivity index (χ2n) is 6.65. The van der Waals surface area contributed by atoms with Gasteiger partial charge in [-0.05, 0) is 48.9 Å². The van der Waals surface area contributed by atoms with Gasteiger partial charge in [0.25, 0.3) is 5.56 Å². The fourth-order valence-electron chi connectivity index (χ4n) is 3.46. The van der Waals surface area contributed by atoms with Crippen LogP contribution in [0.15, 0.2) is 34.2 Å². The zero-order valence-electron chi connectivity index (χ0n) is 15.2. The van der Waals surface area contributed by atoms with Crippen LogP contribution in [0.1, 0.15) is 28.8 Å². The van der Waals surface area contributed by atoms with Gasteiger partial charge in [0, 0.05) is 35.9 Å². The number of thioether (sulfide) groups is 1. The summed E-state index contributed by atoms with van der Waals surface area (Å²) >= 11 is 9.28.